The highest BCUT2D eigenvalue weighted by molar-refractivity contribution is 5.96. The lowest BCUT2D eigenvalue weighted by Crippen LogP contribution is -2.41. The van der Waals surface area contributed by atoms with Crippen LogP contribution >= 0.6 is 0 Å². The molecule has 2 aliphatic heterocycles. The molecule has 10 heteroatoms. The van der Waals surface area contributed by atoms with Crippen LogP contribution in [0.2, 0.25) is 0 Å². The standard InChI is InChI=1S/C16H20N4O6/c1-12(2-3-13-4-5-15(25-13)20(22)23)17-19-11-14(26-16(19)21)10-18-6-8-24-9-7-18/h2-5,14H,6-11H2,1H3/b3-2+,17-12-/t14-/m0/s1. The van der Waals surface area contributed by atoms with Gasteiger partial charge in [0.15, 0.2) is 0 Å². The van der Waals surface area contributed by atoms with Gasteiger partial charge in [0.1, 0.15) is 16.8 Å². The highest BCUT2D eigenvalue weighted by Gasteiger charge is 2.32. The fourth-order valence-electron chi connectivity index (χ4n) is 2.71. The Bertz CT molecular complexity index is 722. The molecule has 2 aliphatic rings. The highest BCUT2D eigenvalue weighted by Crippen LogP contribution is 2.17. The summed E-state index contributed by atoms with van der Waals surface area (Å²) < 4.78 is 15.7. The van der Waals surface area contributed by atoms with Crippen molar-refractivity contribution in [1.82, 2.24) is 9.91 Å². The minimum Gasteiger partial charge on any atom is -0.441 e. The number of furan rings is 1. The first-order chi connectivity index (χ1) is 12.5. The number of ether oxygens (including phenoxy) is 2. The number of carbonyl (C=O) groups excluding carboxylic acids is 1. The first-order valence-corrected chi connectivity index (χ1v) is 8.27. The van der Waals surface area contributed by atoms with Gasteiger partial charge in [-0.15, -0.1) is 0 Å². The molecule has 1 aromatic heterocycles. The molecular weight excluding hydrogens is 344 g/mol. The Kier molecular flexibility index (Phi) is 5.64. The molecule has 0 bridgehead atoms. The predicted octanol–water partition coefficient (Wildman–Crippen LogP) is 1.73. The summed E-state index contributed by atoms with van der Waals surface area (Å²) in [6.45, 7) is 5.80. The number of cyclic esters (lactones) is 1. The van der Waals surface area contributed by atoms with E-state index in [4.69, 9.17) is 13.9 Å². The predicted molar refractivity (Wildman–Crippen MR) is 91.7 cm³/mol. The molecular formula is C16H20N4O6. The summed E-state index contributed by atoms with van der Waals surface area (Å²) in [6.07, 6.45) is 2.46. The summed E-state index contributed by atoms with van der Waals surface area (Å²) in [5, 5.41) is 16.1. The van der Waals surface area contributed by atoms with Crippen LogP contribution in [0.4, 0.5) is 10.7 Å². The molecule has 10 nitrogen and oxygen atoms in total. The van der Waals surface area contributed by atoms with E-state index < -0.39 is 11.0 Å². The van der Waals surface area contributed by atoms with Gasteiger partial charge in [0.2, 0.25) is 0 Å². The van der Waals surface area contributed by atoms with Crippen LogP contribution in [0.3, 0.4) is 0 Å². The topological polar surface area (TPSA) is 111 Å². The van der Waals surface area contributed by atoms with E-state index in [9.17, 15) is 14.9 Å². The molecule has 1 atom stereocenters. The Morgan fingerprint density at radius 3 is 2.88 bits per heavy atom. The van der Waals surface area contributed by atoms with Gasteiger partial charge in [0, 0.05) is 19.6 Å². The van der Waals surface area contributed by atoms with E-state index in [1.54, 1.807) is 19.1 Å². The molecule has 0 N–H and O–H groups in total. The first kappa shape index (κ1) is 18.1. The maximum atomic E-state index is 12.0. The van der Waals surface area contributed by atoms with Gasteiger partial charge in [-0.1, -0.05) is 0 Å². The van der Waals surface area contributed by atoms with E-state index in [0.717, 1.165) is 13.1 Å². The summed E-state index contributed by atoms with van der Waals surface area (Å²) >= 11 is 0. The quantitative estimate of drug-likeness (QED) is 0.429. The molecule has 26 heavy (non-hydrogen) atoms. The minimum atomic E-state index is -0.604. The fourth-order valence-corrected chi connectivity index (χ4v) is 2.71. The van der Waals surface area contributed by atoms with E-state index in [2.05, 4.69) is 10.0 Å². The number of allylic oxidation sites excluding steroid dienone is 1. The van der Waals surface area contributed by atoms with Gasteiger partial charge < -0.3 is 13.9 Å². The van der Waals surface area contributed by atoms with Crippen molar-refractivity contribution in [2.75, 3.05) is 39.4 Å². The summed E-state index contributed by atoms with van der Waals surface area (Å²) in [5.41, 5.74) is 0.549. The van der Waals surface area contributed by atoms with Crippen molar-refractivity contribution in [3.63, 3.8) is 0 Å². The Morgan fingerprint density at radius 2 is 2.19 bits per heavy atom. The van der Waals surface area contributed by atoms with Gasteiger partial charge in [-0.25, -0.2) is 4.79 Å². The zero-order chi connectivity index (χ0) is 18.5. The number of morpholine rings is 1. The number of hydrazone groups is 1. The third-order valence-corrected chi connectivity index (χ3v) is 3.98. The summed E-state index contributed by atoms with van der Waals surface area (Å²) in [6, 6.07) is 2.77. The van der Waals surface area contributed by atoms with Crippen molar-refractivity contribution in [1.29, 1.82) is 0 Å². The zero-order valence-electron chi connectivity index (χ0n) is 14.4. The average Bonchev–Trinajstić information content (AvgIpc) is 3.21. The highest BCUT2D eigenvalue weighted by atomic mass is 16.6. The lowest BCUT2D eigenvalue weighted by molar-refractivity contribution is -0.402. The second-order valence-corrected chi connectivity index (χ2v) is 6.01. The maximum Gasteiger partial charge on any atom is 0.433 e. The van der Waals surface area contributed by atoms with Gasteiger partial charge in [-0.3, -0.25) is 15.0 Å². The SMILES string of the molecule is CC(/C=C/c1ccc([N+](=O)[O-])o1)=N/N1C[C@H](CN2CCOCC2)OC1=O. The molecule has 2 saturated heterocycles. The van der Waals surface area contributed by atoms with Gasteiger partial charge in [0.05, 0.1) is 31.5 Å². The third-order valence-electron chi connectivity index (χ3n) is 3.98. The molecule has 3 rings (SSSR count). The number of carbonyl (C=O) groups is 1. The Hall–Kier alpha value is -2.72. The van der Waals surface area contributed by atoms with Gasteiger partial charge >= 0.3 is 12.0 Å². The Labute approximate surface area is 149 Å². The van der Waals surface area contributed by atoms with Crippen molar-refractivity contribution in [3.8, 4) is 0 Å². The summed E-state index contributed by atoms with van der Waals surface area (Å²) in [7, 11) is 0. The lowest BCUT2D eigenvalue weighted by Gasteiger charge is -2.27. The van der Waals surface area contributed by atoms with Gasteiger partial charge in [-0.2, -0.15) is 10.1 Å². The first-order valence-electron chi connectivity index (χ1n) is 8.27. The van der Waals surface area contributed by atoms with Crippen molar-refractivity contribution in [3.05, 3.63) is 34.1 Å². The molecule has 3 heterocycles. The van der Waals surface area contributed by atoms with Crippen molar-refractivity contribution >= 4 is 23.8 Å². The van der Waals surface area contributed by atoms with E-state index >= 15 is 0 Å². The molecule has 0 spiro atoms. The average molecular weight is 364 g/mol. The van der Waals surface area contributed by atoms with Crippen LogP contribution in [0.5, 0.6) is 0 Å². The van der Waals surface area contributed by atoms with Crippen LogP contribution in [-0.4, -0.2) is 72.1 Å². The fraction of sp³-hybridized carbons (Fsp3) is 0.500. The molecule has 2 fully saturated rings. The van der Waals surface area contributed by atoms with Crippen molar-refractivity contribution in [2.24, 2.45) is 5.10 Å². The smallest absolute Gasteiger partial charge is 0.433 e. The molecule has 140 valence electrons. The number of hydrogen-bond donors (Lipinski definition) is 0. The second kappa shape index (κ2) is 8.11. The second-order valence-electron chi connectivity index (χ2n) is 6.01. The van der Waals surface area contributed by atoms with Gasteiger partial charge in [-0.05, 0) is 25.1 Å². The van der Waals surface area contributed by atoms with Crippen LogP contribution in [-0.2, 0) is 9.47 Å². The van der Waals surface area contributed by atoms with Crippen LogP contribution in [0, 0.1) is 10.1 Å². The third kappa shape index (κ3) is 4.67. The number of nitro groups is 1. The summed E-state index contributed by atoms with van der Waals surface area (Å²) in [5.74, 6) is 0.00811. The van der Waals surface area contributed by atoms with Crippen LogP contribution in [0.1, 0.15) is 12.7 Å². The number of amides is 1. The van der Waals surface area contributed by atoms with Crippen molar-refractivity contribution < 1.29 is 23.6 Å². The number of nitrogens with zero attached hydrogens (tertiary/aromatic N) is 4. The molecule has 0 radical (unpaired) electrons. The number of rotatable bonds is 6. The van der Waals surface area contributed by atoms with Crippen molar-refractivity contribution in [2.45, 2.75) is 13.0 Å². The molecule has 1 aromatic rings. The molecule has 0 saturated carbocycles. The van der Waals surface area contributed by atoms with Crippen LogP contribution in [0.15, 0.2) is 27.7 Å². The monoisotopic (exact) mass is 364 g/mol. The Balaban J connectivity index is 1.55. The largest absolute Gasteiger partial charge is 0.441 e. The normalized spacial score (nSPS) is 22.2. The molecule has 0 aliphatic carbocycles. The van der Waals surface area contributed by atoms with E-state index in [1.165, 1.54) is 17.1 Å². The summed E-state index contributed by atoms with van der Waals surface area (Å²) in [4.78, 5) is 24.1. The number of hydrogen-bond acceptors (Lipinski definition) is 8. The minimum absolute atomic E-state index is 0.228. The van der Waals surface area contributed by atoms with Crippen LogP contribution in [0.25, 0.3) is 6.08 Å². The zero-order valence-corrected chi connectivity index (χ0v) is 14.4. The van der Waals surface area contributed by atoms with E-state index in [1.807, 2.05) is 0 Å². The van der Waals surface area contributed by atoms with Gasteiger partial charge in [0.25, 0.3) is 0 Å². The van der Waals surface area contributed by atoms with E-state index in [-0.39, 0.29) is 12.0 Å². The molecule has 0 unspecified atom stereocenters. The van der Waals surface area contributed by atoms with E-state index in [0.29, 0.717) is 37.8 Å². The molecule has 1 amide bonds. The van der Waals surface area contributed by atoms with Crippen LogP contribution < -0.4 is 0 Å². The molecule has 0 aromatic carbocycles. The Morgan fingerprint density at radius 1 is 1.42 bits per heavy atom. The lowest BCUT2D eigenvalue weighted by atomic mass is 10.3. The maximum absolute atomic E-state index is 12.0.